The van der Waals surface area contributed by atoms with Crippen molar-refractivity contribution < 1.29 is 37.0 Å². The number of carbonyl (C=O) groups is 2. The molecule has 0 spiro atoms. The van der Waals surface area contributed by atoms with Gasteiger partial charge in [0.05, 0.1) is 35.6 Å². The molecule has 0 aromatic heterocycles. The van der Waals surface area contributed by atoms with Crippen LogP contribution in [0.4, 0.5) is 13.2 Å². The molecule has 0 aliphatic carbocycles. The van der Waals surface area contributed by atoms with E-state index in [-0.39, 0.29) is 40.5 Å². The van der Waals surface area contributed by atoms with Gasteiger partial charge in [0.15, 0.2) is 0 Å². The fourth-order valence-electron chi connectivity index (χ4n) is 3.07. The van der Waals surface area contributed by atoms with E-state index < -0.39 is 31.1 Å². The van der Waals surface area contributed by atoms with Crippen LogP contribution in [0.3, 0.4) is 0 Å². The topological polar surface area (TPSA) is 73.9 Å². The summed E-state index contributed by atoms with van der Waals surface area (Å²) in [5.41, 5.74) is 0.0933. The molecule has 2 heterocycles. The predicted octanol–water partition coefficient (Wildman–Crippen LogP) is 2.18. The molecule has 2 aliphatic rings. The second kappa shape index (κ2) is 7.11. The zero-order chi connectivity index (χ0) is 18.8. The molecule has 26 heavy (non-hydrogen) atoms. The van der Waals surface area contributed by atoms with Crippen LogP contribution in [0.1, 0.15) is 11.5 Å². The van der Waals surface area contributed by atoms with Crippen LogP contribution in [0.15, 0.2) is 46.8 Å². The smallest absolute Gasteiger partial charge is 0.387 e. The minimum atomic E-state index is -3.12. The third kappa shape index (κ3) is 3.00. The maximum Gasteiger partial charge on any atom is 0.387 e. The number of benzene rings is 1. The number of hydrogen-bond acceptors (Lipinski definition) is 6. The summed E-state index contributed by atoms with van der Waals surface area (Å²) in [4.78, 5) is 24.5. The van der Waals surface area contributed by atoms with Gasteiger partial charge in [0, 0.05) is 5.56 Å². The van der Waals surface area contributed by atoms with E-state index in [0.29, 0.717) is 0 Å². The van der Waals surface area contributed by atoms with Gasteiger partial charge in [0.1, 0.15) is 19.0 Å². The van der Waals surface area contributed by atoms with Gasteiger partial charge in [-0.25, -0.2) is 14.0 Å². The second-order valence-electron chi connectivity index (χ2n) is 5.46. The molecule has 0 fully saturated rings. The fourth-order valence-corrected chi connectivity index (χ4v) is 3.07. The number of cyclic esters (lactones) is 1. The first-order chi connectivity index (χ1) is 12.5. The Bertz CT molecular complexity index is 818. The molecule has 1 atom stereocenters. The van der Waals surface area contributed by atoms with E-state index in [0.717, 1.165) is 7.11 Å². The minimum Gasteiger partial charge on any atom is -0.466 e. The van der Waals surface area contributed by atoms with Crippen molar-refractivity contribution in [3.8, 4) is 5.75 Å². The van der Waals surface area contributed by atoms with Crippen molar-refractivity contribution in [2.24, 2.45) is 0 Å². The molecule has 9 heteroatoms. The molecule has 138 valence electrons. The number of allylic oxidation sites excluding steroid dienone is 1. The summed E-state index contributed by atoms with van der Waals surface area (Å²) in [6.07, 6.45) is 0. The van der Waals surface area contributed by atoms with Gasteiger partial charge in [-0.1, -0.05) is 18.2 Å². The van der Waals surface area contributed by atoms with Crippen LogP contribution in [0, 0.1) is 0 Å². The Balaban J connectivity index is 2.22. The van der Waals surface area contributed by atoms with Gasteiger partial charge in [0.2, 0.25) is 0 Å². The van der Waals surface area contributed by atoms with E-state index in [9.17, 15) is 22.8 Å². The average Bonchev–Trinajstić information content (AvgIpc) is 3.00. The van der Waals surface area contributed by atoms with Crippen LogP contribution < -0.4 is 10.1 Å². The predicted molar refractivity (Wildman–Crippen MR) is 82.0 cm³/mol. The second-order valence-corrected chi connectivity index (χ2v) is 5.46. The number of dihydropyridines is 1. The lowest BCUT2D eigenvalue weighted by molar-refractivity contribution is -0.136. The molecule has 0 unspecified atom stereocenters. The van der Waals surface area contributed by atoms with Gasteiger partial charge >= 0.3 is 18.6 Å². The standard InChI is InChI=1S/C17H14F3NO5/c1-24-15(22)13-9(6-18)21-10-7-25-16(23)14(10)12(13)8-4-2-3-5-11(8)26-17(19)20/h2-5,12,17,21H,6-7H2,1H3/t12-/m1/s1. The maximum absolute atomic E-state index is 13.6. The van der Waals surface area contributed by atoms with Crippen molar-refractivity contribution in [3.63, 3.8) is 0 Å². The molecular formula is C17H14F3NO5. The number of hydrogen-bond donors (Lipinski definition) is 1. The molecular weight excluding hydrogens is 355 g/mol. The van der Waals surface area contributed by atoms with Gasteiger partial charge < -0.3 is 19.5 Å². The fraction of sp³-hybridized carbons (Fsp3) is 0.294. The van der Waals surface area contributed by atoms with Gasteiger partial charge in [-0.2, -0.15) is 8.78 Å². The molecule has 1 aromatic rings. The van der Waals surface area contributed by atoms with Gasteiger partial charge in [-0.15, -0.1) is 0 Å². The van der Waals surface area contributed by atoms with Crippen molar-refractivity contribution in [3.05, 3.63) is 52.4 Å². The summed E-state index contributed by atoms with van der Waals surface area (Å²) in [7, 11) is 1.10. The zero-order valence-electron chi connectivity index (χ0n) is 13.6. The number of rotatable bonds is 5. The van der Waals surface area contributed by atoms with Crippen molar-refractivity contribution in [1.82, 2.24) is 5.32 Å². The van der Waals surface area contributed by atoms with Crippen LogP contribution in [0.5, 0.6) is 5.75 Å². The Kier molecular flexibility index (Phi) is 4.88. The molecule has 2 aliphatic heterocycles. The molecule has 0 bridgehead atoms. The summed E-state index contributed by atoms with van der Waals surface area (Å²) in [5, 5.41) is 2.67. The maximum atomic E-state index is 13.6. The SMILES string of the molecule is COC(=O)C1=C(CF)NC2=C(C(=O)OC2)[C@@H]1c1ccccc1OC(F)F. The van der Waals surface area contributed by atoms with Crippen LogP contribution in [0.2, 0.25) is 0 Å². The highest BCUT2D eigenvalue weighted by molar-refractivity contribution is 6.01. The van der Waals surface area contributed by atoms with Gasteiger partial charge in [-0.3, -0.25) is 0 Å². The number of para-hydroxylation sites is 1. The summed E-state index contributed by atoms with van der Waals surface area (Å²) in [6.45, 7) is -4.31. The van der Waals surface area contributed by atoms with Crippen molar-refractivity contribution in [2.45, 2.75) is 12.5 Å². The number of ether oxygens (including phenoxy) is 3. The van der Waals surface area contributed by atoms with E-state index in [1.807, 2.05) is 0 Å². The zero-order valence-corrected chi connectivity index (χ0v) is 13.6. The molecule has 1 N–H and O–H groups in total. The first kappa shape index (κ1) is 17.8. The van der Waals surface area contributed by atoms with Gasteiger partial charge in [-0.05, 0) is 6.07 Å². The highest BCUT2D eigenvalue weighted by Crippen LogP contribution is 2.44. The van der Waals surface area contributed by atoms with E-state index in [2.05, 4.69) is 10.1 Å². The molecule has 3 rings (SSSR count). The van der Waals surface area contributed by atoms with Crippen LogP contribution in [-0.2, 0) is 19.1 Å². The lowest BCUT2D eigenvalue weighted by atomic mass is 9.80. The number of esters is 2. The lowest BCUT2D eigenvalue weighted by Crippen LogP contribution is -2.32. The molecule has 0 saturated heterocycles. The summed E-state index contributed by atoms with van der Waals surface area (Å²) >= 11 is 0. The average molecular weight is 369 g/mol. The number of halogens is 3. The number of nitrogens with one attached hydrogen (secondary N) is 1. The minimum absolute atomic E-state index is 0.0351. The quantitative estimate of drug-likeness (QED) is 0.802. The van der Waals surface area contributed by atoms with Gasteiger partial charge in [0.25, 0.3) is 0 Å². The van der Waals surface area contributed by atoms with E-state index >= 15 is 0 Å². The summed E-state index contributed by atoms with van der Waals surface area (Å²) in [5.74, 6) is -3.02. The lowest BCUT2D eigenvalue weighted by Gasteiger charge is -2.28. The Labute approximate surface area is 146 Å². The highest BCUT2D eigenvalue weighted by Gasteiger charge is 2.43. The normalized spacial score (nSPS) is 19.3. The van der Waals surface area contributed by atoms with Crippen molar-refractivity contribution >= 4 is 11.9 Å². The number of alkyl halides is 3. The van der Waals surface area contributed by atoms with Crippen molar-refractivity contribution in [1.29, 1.82) is 0 Å². The third-order valence-electron chi connectivity index (χ3n) is 4.08. The monoisotopic (exact) mass is 369 g/mol. The Morgan fingerprint density at radius 2 is 2.12 bits per heavy atom. The Hall–Kier alpha value is -2.97. The Morgan fingerprint density at radius 3 is 2.77 bits per heavy atom. The first-order valence-corrected chi connectivity index (χ1v) is 7.56. The first-order valence-electron chi connectivity index (χ1n) is 7.56. The van der Waals surface area contributed by atoms with E-state index in [4.69, 9.17) is 9.47 Å². The Morgan fingerprint density at radius 1 is 1.38 bits per heavy atom. The third-order valence-corrected chi connectivity index (χ3v) is 4.08. The number of carbonyl (C=O) groups excluding carboxylic acids is 2. The summed E-state index contributed by atoms with van der Waals surface area (Å²) < 4.78 is 53.3. The molecule has 1 aromatic carbocycles. The summed E-state index contributed by atoms with van der Waals surface area (Å²) in [6, 6.07) is 5.68. The van der Waals surface area contributed by atoms with E-state index in [1.54, 1.807) is 0 Å². The van der Waals surface area contributed by atoms with E-state index in [1.165, 1.54) is 24.3 Å². The molecule has 6 nitrogen and oxygen atoms in total. The molecule has 0 amide bonds. The van der Waals surface area contributed by atoms with Crippen LogP contribution in [-0.4, -0.2) is 38.9 Å². The number of methoxy groups -OCH3 is 1. The highest BCUT2D eigenvalue weighted by atomic mass is 19.3. The molecule has 0 radical (unpaired) electrons. The van der Waals surface area contributed by atoms with Crippen LogP contribution >= 0.6 is 0 Å². The molecule has 0 saturated carbocycles. The van der Waals surface area contributed by atoms with Crippen molar-refractivity contribution in [2.75, 3.05) is 20.4 Å². The largest absolute Gasteiger partial charge is 0.466 e. The van der Waals surface area contributed by atoms with Crippen LogP contribution in [0.25, 0.3) is 0 Å².